The van der Waals surface area contributed by atoms with E-state index in [-0.39, 0.29) is 22.8 Å². The first-order chi connectivity index (χ1) is 15.2. The van der Waals surface area contributed by atoms with Crippen LogP contribution in [0.4, 0.5) is 18.9 Å². The summed E-state index contributed by atoms with van der Waals surface area (Å²) in [5.74, 6) is -2.12. The predicted molar refractivity (Wildman–Crippen MR) is 106 cm³/mol. The fourth-order valence-electron chi connectivity index (χ4n) is 2.54. The number of carbonyl (C=O) groups excluding carboxylic acids is 3. The Morgan fingerprint density at radius 2 is 1.66 bits per heavy atom. The van der Waals surface area contributed by atoms with Crippen molar-refractivity contribution in [2.45, 2.75) is 6.18 Å². The molecule has 11 heteroatoms. The number of anilines is 1. The van der Waals surface area contributed by atoms with Crippen LogP contribution >= 0.6 is 0 Å². The highest BCUT2D eigenvalue weighted by atomic mass is 19.4. The lowest BCUT2D eigenvalue weighted by atomic mass is 10.2. The van der Waals surface area contributed by atoms with Crippen LogP contribution in [0.2, 0.25) is 0 Å². The number of rotatable bonds is 6. The van der Waals surface area contributed by atoms with E-state index in [1.807, 2.05) is 0 Å². The Hall–Kier alpha value is -4.28. The fourth-order valence-corrected chi connectivity index (χ4v) is 2.54. The number of benzene rings is 2. The Morgan fingerprint density at radius 1 is 0.906 bits per heavy atom. The number of amides is 3. The zero-order valence-electron chi connectivity index (χ0n) is 16.2. The summed E-state index contributed by atoms with van der Waals surface area (Å²) in [4.78, 5) is 36.3. The summed E-state index contributed by atoms with van der Waals surface area (Å²) < 4.78 is 48.6. The van der Waals surface area contributed by atoms with Gasteiger partial charge in [-0.2, -0.15) is 13.2 Å². The van der Waals surface area contributed by atoms with E-state index in [2.05, 4.69) is 16.2 Å². The third-order valence-electron chi connectivity index (χ3n) is 4.00. The molecule has 8 nitrogen and oxygen atoms in total. The van der Waals surface area contributed by atoms with Crippen molar-refractivity contribution >= 4 is 23.4 Å². The van der Waals surface area contributed by atoms with Gasteiger partial charge in [0.25, 0.3) is 11.8 Å². The standard InChI is InChI=1S/C21H16F3N3O5/c22-21(23,24)13-5-3-6-14(11-13)25-18(28)12-32-16-8-2-1-7-15(16)19(29)26-27-20(30)17-9-4-10-31-17/h1-11H,12H2,(H,25,28)(H,26,29)(H,27,30). The van der Waals surface area contributed by atoms with Gasteiger partial charge < -0.3 is 14.5 Å². The van der Waals surface area contributed by atoms with Crippen molar-refractivity contribution in [3.63, 3.8) is 0 Å². The van der Waals surface area contributed by atoms with Gasteiger partial charge >= 0.3 is 12.1 Å². The van der Waals surface area contributed by atoms with Crippen LogP contribution in [0.25, 0.3) is 0 Å². The van der Waals surface area contributed by atoms with E-state index in [1.165, 1.54) is 36.6 Å². The molecule has 1 heterocycles. The van der Waals surface area contributed by atoms with E-state index >= 15 is 0 Å². The van der Waals surface area contributed by atoms with Crippen molar-refractivity contribution in [1.29, 1.82) is 0 Å². The average molecular weight is 447 g/mol. The van der Waals surface area contributed by atoms with E-state index in [9.17, 15) is 27.6 Å². The molecule has 0 radical (unpaired) electrons. The van der Waals surface area contributed by atoms with Gasteiger partial charge in [-0.1, -0.05) is 18.2 Å². The molecule has 0 aliphatic carbocycles. The van der Waals surface area contributed by atoms with Gasteiger partial charge in [-0.25, -0.2) is 0 Å². The zero-order valence-corrected chi connectivity index (χ0v) is 16.2. The molecule has 0 fully saturated rings. The number of para-hydroxylation sites is 1. The first kappa shape index (κ1) is 22.4. The lowest BCUT2D eigenvalue weighted by molar-refractivity contribution is -0.137. The maximum Gasteiger partial charge on any atom is 0.416 e. The van der Waals surface area contributed by atoms with Gasteiger partial charge in [0, 0.05) is 5.69 Å². The highest BCUT2D eigenvalue weighted by Crippen LogP contribution is 2.30. The molecule has 3 amide bonds. The lowest BCUT2D eigenvalue weighted by Gasteiger charge is -2.13. The second kappa shape index (κ2) is 9.69. The first-order valence-corrected chi connectivity index (χ1v) is 9.07. The molecule has 3 aromatic rings. The average Bonchev–Trinajstić information content (AvgIpc) is 3.31. The molecule has 0 aliphatic heterocycles. The molecule has 0 atom stereocenters. The summed E-state index contributed by atoms with van der Waals surface area (Å²) in [6.45, 7) is -0.570. The number of ether oxygens (including phenoxy) is 1. The largest absolute Gasteiger partial charge is 0.483 e. The molecule has 0 saturated heterocycles. The molecule has 3 N–H and O–H groups in total. The van der Waals surface area contributed by atoms with Crippen LogP contribution in [0, 0.1) is 0 Å². The Labute approximate surface area is 179 Å². The van der Waals surface area contributed by atoms with Gasteiger partial charge in [0.2, 0.25) is 0 Å². The van der Waals surface area contributed by atoms with E-state index in [0.29, 0.717) is 0 Å². The maximum absolute atomic E-state index is 12.8. The van der Waals surface area contributed by atoms with Crippen LogP contribution in [-0.2, 0) is 11.0 Å². The monoisotopic (exact) mass is 447 g/mol. The predicted octanol–water partition coefficient (Wildman–Crippen LogP) is 3.39. The SMILES string of the molecule is O=C(COc1ccccc1C(=O)NNC(=O)c1ccco1)Nc1cccc(C(F)(F)F)c1. The van der Waals surface area contributed by atoms with E-state index in [0.717, 1.165) is 18.2 Å². The second-order valence-corrected chi connectivity index (χ2v) is 6.30. The van der Waals surface area contributed by atoms with Crippen molar-refractivity contribution in [2.24, 2.45) is 0 Å². The number of hydrogen-bond acceptors (Lipinski definition) is 5. The quantitative estimate of drug-likeness (QED) is 0.502. The Morgan fingerprint density at radius 3 is 2.38 bits per heavy atom. The Kier molecular flexibility index (Phi) is 6.78. The molecule has 32 heavy (non-hydrogen) atoms. The van der Waals surface area contributed by atoms with Gasteiger partial charge in [-0.3, -0.25) is 25.2 Å². The van der Waals surface area contributed by atoms with E-state index in [1.54, 1.807) is 12.1 Å². The number of furan rings is 1. The number of carbonyl (C=O) groups is 3. The third kappa shape index (κ3) is 5.88. The van der Waals surface area contributed by atoms with Crippen LogP contribution in [0.15, 0.2) is 71.3 Å². The molecule has 0 aliphatic rings. The third-order valence-corrected chi connectivity index (χ3v) is 4.00. The number of halogens is 3. The summed E-state index contributed by atoms with van der Waals surface area (Å²) in [5.41, 5.74) is 3.41. The van der Waals surface area contributed by atoms with Crippen molar-refractivity contribution in [2.75, 3.05) is 11.9 Å². The molecule has 166 valence electrons. The molecule has 0 bridgehead atoms. The van der Waals surface area contributed by atoms with Gasteiger partial charge in [0.1, 0.15) is 5.75 Å². The van der Waals surface area contributed by atoms with Gasteiger partial charge in [-0.05, 0) is 42.5 Å². The molecule has 0 saturated carbocycles. The molecule has 1 aromatic heterocycles. The van der Waals surface area contributed by atoms with E-state index < -0.39 is 36.1 Å². The second-order valence-electron chi connectivity index (χ2n) is 6.30. The van der Waals surface area contributed by atoms with Gasteiger partial charge in [-0.15, -0.1) is 0 Å². The molecule has 3 rings (SSSR count). The van der Waals surface area contributed by atoms with Crippen LogP contribution in [-0.4, -0.2) is 24.3 Å². The van der Waals surface area contributed by atoms with Crippen LogP contribution in [0.5, 0.6) is 5.75 Å². The van der Waals surface area contributed by atoms with Crippen molar-refractivity contribution < 1.29 is 36.7 Å². The highest BCUT2D eigenvalue weighted by Gasteiger charge is 2.30. The topological polar surface area (TPSA) is 110 Å². The molecule has 2 aromatic carbocycles. The minimum atomic E-state index is -4.55. The van der Waals surface area contributed by atoms with Crippen molar-refractivity contribution in [3.8, 4) is 5.75 Å². The summed E-state index contributed by atoms with van der Waals surface area (Å²) in [5, 5.41) is 2.30. The zero-order chi connectivity index (χ0) is 23.1. The molecule has 0 unspecified atom stereocenters. The normalized spacial score (nSPS) is 10.8. The fraction of sp³-hybridized carbons (Fsp3) is 0.0952. The highest BCUT2D eigenvalue weighted by molar-refractivity contribution is 6.00. The molecular formula is C21H16F3N3O5. The first-order valence-electron chi connectivity index (χ1n) is 9.07. The summed E-state index contributed by atoms with van der Waals surface area (Å²) in [7, 11) is 0. The number of hydrogen-bond donors (Lipinski definition) is 3. The van der Waals surface area contributed by atoms with Crippen molar-refractivity contribution in [3.05, 3.63) is 83.8 Å². The number of hydrazine groups is 1. The van der Waals surface area contributed by atoms with Gasteiger partial charge in [0.15, 0.2) is 12.4 Å². The van der Waals surface area contributed by atoms with Gasteiger partial charge in [0.05, 0.1) is 17.4 Å². The summed E-state index contributed by atoms with van der Waals surface area (Å²) in [6.07, 6.45) is -3.25. The van der Waals surface area contributed by atoms with Crippen LogP contribution < -0.4 is 20.9 Å². The summed E-state index contributed by atoms with van der Waals surface area (Å²) in [6, 6.07) is 13.0. The minimum absolute atomic E-state index is 0.0129. The minimum Gasteiger partial charge on any atom is -0.483 e. The van der Waals surface area contributed by atoms with E-state index in [4.69, 9.17) is 9.15 Å². The Bertz CT molecular complexity index is 1110. The number of nitrogens with one attached hydrogen (secondary N) is 3. The molecular weight excluding hydrogens is 431 g/mol. The van der Waals surface area contributed by atoms with Crippen molar-refractivity contribution in [1.82, 2.24) is 10.9 Å². The summed E-state index contributed by atoms with van der Waals surface area (Å²) >= 11 is 0. The van der Waals surface area contributed by atoms with Crippen LogP contribution in [0.1, 0.15) is 26.5 Å². The number of alkyl halides is 3. The molecule has 0 spiro atoms. The van der Waals surface area contributed by atoms with Crippen LogP contribution in [0.3, 0.4) is 0 Å². The Balaban J connectivity index is 1.58. The lowest BCUT2D eigenvalue weighted by Crippen LogP contribution is -2.41. The maximum atomic E-state index is 12.8. The smallest absolute Gasteiger partial charge is 0.416 e.